The van der Waals surface area contributed by atoms with E-state index in [4.69, 9.17) is 9.47 Å². The summed E-state index contributed by atoms with van der Waals surface area (Å²) in [5, 5.41) is 3.65. The molecule has 3 atom stereocenters. The fourth-order valence-corrected chi connectivity index (χ4v) is 2.92. The molecule has 1 aromatic carbocycles. The molecule has 1 aromatic rings. The Labute approximate surface area is 122 Å². The minimum Gasteiger partial charge on any atom is -0.497 e. The Balaban J connectivity index is 1.75. The van der Waals surface area contributed by atoms with Gasteiger partial charge in [-0.2, -0.15) is 0 Å². The summed E-state index contributed by atoms with van der Waals surface area (Å²) < 4.78 is 10.9. The highest BCUT2D eigenvalue weighted by Crippen LogP contribution is 2.22. The Morgan fingerprint density at radius 1 is 1.35 bits per heavy atom. The van der Waals surface area contributed by atoms with E-state index in [1.54, 1.807) is 7.11 Å². The molecule has 1 aliphatic rings. The number of hydrogen-bond acceptors (Lipinski definition) is 3. The minimum atomic E-state index is 0.454. The van der Waals surface area contributed by atoms with Crippen LogP contribution in [0.25, 0.3) is 0 Å². The van der Waals surface area contributed by atoms with Crippen molar-refractivity contribution in [3.63, 3.8) is 0 Å². The van der Waals surface area contributed by atoms with Gasteiger partial charge in [-0.15, -0.1) is 0 Å². The van der Waals surface area contributed by atoms with Crippen LogP contribution in [0.2, 0.25) is 0 Å². The van der Waals surface area contributed by atoms with Gasteiger partial charge >= 0.3 is 0 Å². The van der Waals surface area contributed by atoms with E-state index < -0.39 is 0 Å². The highest BCUT2D eigenvalue weighted by molar-refractivity contribution is 5.27. The predicted molar refractivity (Wildman–Crippen MR) is 82.3 cm³/mol. The lowest BCUT2D eigenvalue weighted by Crippen LogP contribution is -2.35. The van der Waals surface area contributed by atoms with E-state index in [1.165, 1.54) is 12.0 Å². The van der Waals surface area contributed by atoms with Crippen LogP contribution in [0, 0.1) is 5.92 Å². The molecule has 0 bridgehead atoms. The lowest BCUT2D eigenvalue weighted by Gasteiger charge is -2.20. The standard InChI is InChI=1S/C17H27NO2/c1-4-17-15(9-10-20-17)12-18-13(2)11-14-5-7-16(19-3)8-6-14/h5-8,13,15,17-18H,4,9-12H2,1-3H3. The predicted octanol–water partition coefficient (Wildman–Crippen LogP) is 3.03. The van der Waals surface area contributed by atoms with Gasteiger partial charge in [-0.25, -0.2) is 0 Å². The van der Waals surface area contributed by atoms with Crippen LogP contribution < -0.4 is 10.1 Å². The van der Waals surface area contributed by atoms with E-state index in [0.29, 0.717) is 18.1 Å². The van der Waals surface area contributed by atoms with Crippen molar-refractivity contribution in [1.82, 2.24) is 5.32 Å². The first-order chi connectivity index (χ1) is 9.72. The molecule has 0 radical (unpaired) electrons. The van der Waals surface area contributed by atoms with Gasteiger partial charge in [0.25, 0.3) is 0 Å². The van der Waals surface area contributed by atoms with Gasteiger partial charge in [-0.05, 0) is 49.8 Å². The average molecular weight is 277 g/mol. The fraction of sp³-hybridized carbons (Fsp3) is 0.647. The molecule has 0 saturated carbocycles. The first-order valence-electron chi connectivity index (χ1n) is 7.70. The second-order valence-electron chi connectivity index (χ2n) is 5.73. The van der Waals surface area contributed by atoms with Crippen LogP contribution in [0.5, 0.6) is 5.75 Å². The second-order valence-corrected chi connectivity index (χ2v) is 5.73. The summed E-state index contributed by atoms with van der Waals surface area (Å²) in [6, 6.07) is 8.83. The molecule has 0 aliphatic carbocycles. The highest BCUT2D eigenvalue weighted by Gasteiger charge is 2.26. The fourth-order valence-electron chi connectivity index (χ4n) is 2.92. The molecule has 0 aromatic heterocycles. The molecule has 3 unspecified atom stereocenters. The molecule has 1 N–H and O–H groups in total. The van der Waals surface area contributed by atoms with Crippen LogP contribution in [-0.4, -0.2) is 32.4 Å². The van der Waals surface area contributed by atoms with Crippen molar-refractivity contribution in [3.05, 3.63) is 29.8 Å². The molecule has 3 nitrogen and oxygen atoms in total. The quantitative estimate of drug-likeness (QED) is 0.831. The van der Waals surface area contributed by atoms with E-state index >= 15 is 0 Å². The molecule has 20 heavy (non-hydrogen) atoms. The zero-order valence-corrected chi connectivity index (χ0v) is 12.9. The number of nitrogens with one attached hydrogen (secondary N) is 1. The third-order valence-electron chi connectivity index (χ3n) is 4.18. The molecule has 1 saturated heterocycles. The maximum Gasteiger partial charge on any atom is 0.118 e. The van der Waals surface area contributed by atoms with Gasteiger partial charge < -0.3 is 14.8 Å². The Morgan fingerprint density at radius 2 is 2.10 bits per heavy atom. The summed E-state index contributed by atoms with van der Waals surface area (Å²) >= 11 is 0. The van der Waals surface area contributed by atoms with Gasteiger partial charge in [0.15, 0.2) is 0 Å². The minimum absolute atomic E-state index is 0.454. The molecule has 3 heteroatoms. The number of hydrogen-bond donors (Lipinski definition) is 1. The van der Waals surface area contributed by atoms with Crippen LogP contribution in [-0.2, 0) is 11.2 Å². The Kier molecular flexibility index (Phi) is 5.86. The maximum atomic E-state index is 5.74. The third-order valence-corrected chi connectivity index (χ3v) is 4.18. The van der Waals surface area contributed by atoms with Crippen molar-refractivity contribution < 1.29 is 9.47 Å². The maximum absolute atomic E-state index is 5.74. The summed E-state index contributed by atoms with van der Waals surface area (Å²) in [7, 11) is 1.70. The largest absolute Gasteiger partial charge is 0.497 e. The summed E-state index contributed by atoms with van der Waals surface area (Å²) in [6.45, 7) is 6.46. The van der Waals surface area contributed by atoms with Crippen LogP contribution in [0.4, 0.5) is 0 Å². The molecular weight excluding hydrogens is 250 g/mol. The molecular formula is C17H27NO2. The van der Waals surface area contributed by atoms with Crippen molar-refractivity contribution in [2.45, 2.75) is 45.3 Å². The van der Waals surface area contributed by atoms with Crippen LogP contribution in [0.15, 0.2) is 24.3 Å². The van der Waals surface area contributed by atoms with E-state index in [-0.39, 0.29) is 0 Å². The van der Waals surface area contributed by atoms with Gasteiger partial charge in [0.1, 0.15) is 5.75 Å². The SMILES string of the molecule is CCC1OCCC1CNC(C)Cc1ccc(OC)cc1. The second kappa shape index (κ2) is 7.65. The monoisotopic (exact) mass is 277 g/mol. The molecule has 1 aliphatic heterocycles. The molecule has 2 rings (SSSR count). The summed E-state index contributed by atoms with van der Waals surface area (Å²) in [4.78, 5) is 0. The molecule has 0 amide bonds. The van der Waals surface area contributed by atoms with Gasteiger partial charge in [0.2, 0.25) is 0 Å². The molecule has 0 spiro atoms. The molecule has 1 fully saturated rings. The summed E-state index contributed by atoms with van der Waals surface area (Å²) in [5.41, 5.74) is 1.35. The lowest BCUT2D eigenvalue weighted by molar-refractivity contribution is 0.0867. The van der Waals surface area contributed by atoms with Crippen molar-refractivity contribution in [2.75, 3.05) is 20.3 Å². The normalized spacial score (nSPS) is 23.8. The Hall–Kier alpha value is -1.06. The lowest BCUT2D eigenvalue weighted by atomic mass is 9.98. The number of benzene rings is 1. The smallest absolute Gasteiger partial charge is 0.118 e. The van der Waals surface area contributed by atoms with Gasteiger partial charge in [0.05, 0.1) is 13.2 Å². The van der Waals surface area contributed by atoms with Crippen molar-refractivity contribution in [2.24, 2.45) is 5.92 Å². The molecule has 1 heterocycles. The van der Waals surface area contributed by atoms with Crippen LogP contribution >= 0.6 is 0 Å². The first-order valence-corrected chi connectivity index (χ1v) is 7.70. The van der Waals surface area contributed by atoms with Gasteiger partial charge in [-0.3, -0.25) is 0 Å². The van der Waals surface area contributed by atoms with Gasteiger partial charge in [-0.1, -0.05) is 19.1 Å². The van der Waals surface area contributed by atoms with Crippen molar-refractivity contribution >= 4 is 0 Å². The summed E-state index contributed by atoms with van der Waals surface area (Å²) in [5.74, 6) is 1.60. The third kappa shape index (κ3) is 4.22. The topological polar surface area (TPSA) is 30.5 Å². The summed E-state index contributed by atoms with van der Waals surface area (Å²) in [6.07, 6.45) is 3.82. The average Bonchev–Trinajstić information content (AvgIpc) is 2.93. The Bertz CT molecular complexity index is 390. The number of methoxy groups -OCH3 is 1. The van der Waals surface area contributed by atoms with Crippen molar-refractivity contribution in [1.29, 1.82) is 0 Å². The zero-order chi connectivity index (χ0) is 14.4. The van der Waals surface area contributed by atoms with Crippen LogP contribution in [0.3, 0.4) is 0 Å². The van der Waals surface area contributed by atoms with Crippen LogP contribution in [0.1, 0.15) is 32.3 Å². The van der Waals surface area contributed by atoms with E-state index in [2.05, 4.69) is 31.3 Å². The number of ether oxygens (including phenoxy) is 2. The highest BCUT2D eigenvalue weighted by atomic mass is 16.5. The van der Waals surface area contributed by atoms with E-state index in [0.717, 1.165) is 31.7 Å². The molecule has 112 valence electrons. The first kappa shape index (κ1) is 15.3. The zero-order valence-electron chi connectivity index (χ0n) is 12.9. The Morgan fingerprint density at radius 3 is 2.75 bits per heavy atom. The van der Waals surface area contributed by atoms with E-state index in [1.807, 2.05) is 12.1 Å². The van der Waals surface area contributed by atoms with Gasteiger partial charge in [0, 0.05) is 19.2 Å². The van der Waals surface area contributed by atoms with E-state index in [9.17, 15) is 0 Å². The van der Waals surface area contributed by atoms with Crippen molar-refractivity contribution in [3.8, 4) is 5.75 Å². The number of rotatable bonds is 7.